The molecule has 2 aromatic rings. The van der Waals surface area contributed by atoms with E-state index in [1.54, 1.807) is 11.0 Å². The molecule has 0 spiro atoms. The largest absolute Gasteiger partial charge is 0.418 e. The number of rotatable bonds is 6. The highest BCUT2D eigenvalue weighted by Gasteiger charge is 2.21. The SMILES string of the molecule is CC(C)N(C(=O)O/C=C\[C@H](C)[C@H](O)c1ccc2ccccc2c1)C(C)C. The first-order valence-corrected chi connectivity index (χ1v) is 9.13. The first-order chi connectivity index (χ1) is 12.3. The predicted molar refractivity (Wildman–Crippen MR) is 106 cm³/mol. The molecule has 1 N–H and O–H groups in total. The average molecular weight is 355 g/mol. The van der Waals surface area contributed by atoms with Gasteiger partial charge in [0.2, 0.25) is 0 Å². The van der Waals surface area contributed by atoms with E-state index in [0.717, 1.165) is 16.3 Å². The zero-order valence-electron chi connectivity index (χ0n) is 16.2. The van der Waals surface area contributed by atoms with Crippen molar-refractivity contribution in [1.82, 2.24) is 4.90 Å². The van der Waals surface area contributed by atoms with Crippen LogP contribution < -0.4 is 0 Å². The number of hydrogen-bond acceptors (Lipinski definition) is 3. The van der Waals surface area contributed by atoms with E-state index in [0.29, 0.717) is 0 Å². The summed E-state index contributed by atoms with van der Waals surface area (Å²) in [7, 11) is 0. The smallest absolute Gasteiger partial charge is 0.415 e. The number of aliphatic hydroxyl groups is 1. The maximum Gasteiger partial charge on any atom is 0.415 e. The fraction of sp³-hybridized carbons (Fsp3) is 0.409. The predicted octanol–water partition coefficient (Wildman–Crippen LogP) is 5.28. The van der Waals surface area contributed by atoms with Crippen molar-refractivity contribution in [1.29, 1.82) is 0 Å². The Morgan fingerprint density at radius 3 is 2.23 bits per heavy atom. The average Bonchev–Trinajstić information content (AvgIpc) is 2.59. The zero-order valence-corrected chi connectivity index (χ0v) is 16.2. The van der Waals surface area contributed by atoms with Gasteiger partial charge in [0.1, 0.15) is 0 Å². The number of fused-ring (bicyclic) bond motifs is 1. The van der Waals surface area contributed by atoms with E-state index < -0.39 is 6.10 Å². The highest BCUT2D eigenvalue weighted by Crippen LogP contribution is 2.26. The topological polar surface area (TPSA) is 49.8 Å². The quantitative estimate of drug-likeness (QED) is 0.717. The summed E-state index contributed by atoms with van der Waals surface area (Å²) in [6, 6.07) is 14.1. The zero-order chi connectivity index (χ0) is 19.3. The molecule has 2 rings (SSSR count). The van der Waals surface area contributed by atoms with Crippen LogP contribution in [-0.4, -0.2) is 28.2 Å². The number of aliphatic hydroxyl groups excluding tert-OH is 1. The Morgan fingerprint density at radius 1 is 1.00 bits per heavy atom. The molecule has 0 aliphatic rings. The summed E-state index contributed by atoms with van der Waals surface area (Å²) in [6.07, 6.45) is 2.06. The van der Waals surface area contributed by atoms with Crippen LogP contribution in [0.15, 0.2) is 54.8 Å². The molecule has 4 heteroatoms. The van der Waals surface area contributed by atoms with E-state index >= 15 is 0 Å². The molecule has 4 nitrogen and oxygen atoms in total. The molecular formula is C22H29NO3. The fourth-order valence-electron chi connectivity index (χ4n) is 3.10. The van der Waals surface area contributed by atoms with Gasteiger partial charge in [0.25, 0.3) is 0 Å². The number of amides is 1. The van der Waals surface area contributed by atoms with E-state index in [1.165, 1.54) is 6.26 Å². The van der Waals surface area contributed by atoms with Crippen LogP contribution in [0, 0.1) is 5.92 Å². The lowest BCUT2D eigenvalue weighted by atomic mass is 9.95. The van der Waals surface area contributed by atoms with E-state index in [-0.39, 0.29) is 24.1 Å². The van der Waals surface area contributed by atoms with Crippen molar-refractivity contribution in [3.63, 3.8) is 0 Å². The van der Waals surface area contributed by atoms with Crippen LogP contribution in [-0.2, 0) is 4.74 Å². The number of ether oxygens (including phenoxy) is 1. The molecule has 26 heavy (non-hydrogen) atoms. The molecule has 1 amide bonds. The molecule has 0 bridgehead atoms. The van der Waals surface area contributed by atoms with Crippen molar-refractivity contribution in [2.45, 2.75) is 52.8 Å². The maximum atomic E-state index is 12.2. The Morgan fingerprint density at radius 2 is 1.62 bits per heavy atom. The first kappa shape index (κ1) is 20.0. The molecule has 0 fully saturated rings. The van der Waals surface area contributed by atoms with Gasteiger partial charge in [-0.2, -0.15) is 0 Å². The normalized spacial score (nSPS) is 14.2. The van der Waals surface area contributed by atoms with Crippen LogP contribution in [0.4, 0.5) is 4.79 Å². The molecule has 0 aromatic heterocycles. The summed E-state index contributed by atoms with van der Waals surface area (Å²) < 4.78 is 5.25. The van der Waals surface area contributed by atoms with Crippen LogP contribution in [0.3, 0.4) is 0 Å². The van der Waals surface area contributed by atoms with Crippen LogP contribution in [0.25, 0.3) is 10.8 Å². The summed E-state index contributed by atoms with van der Waals surface area (Å²) in [4.78, 5) is 13.9. The van der Waals surface area contributed by atoms with Crippen molar-refractivity contribution in [3.05, 3.63) is 60.4 Å². The third-order valence-corrected chi connectivity index (χ3v) is 4.49. The molecule has 0 saturated carbocycles. The summed E-state index contributed by atoms with van der Waals surface area (Å²) in [5.74, 6) is -0.185. The van der Waals surface area contributed by atoms with Gasteiger partial charge in [-0.15, -0.1) is 0 Å². The molecular weight excluding hydrogens is 326 g/mol. The second-order valence-electron chi connectivity index (χ2n) is 7.22. The van der Waals surface area contributed by atoms with Gasteiger partial charge in [0.05, 0.1) is 12.4 Å². The second-order valence-corrected chi connectivity index (χ2v) is 7.22. The molecule has 140 valence electrons. The van der Waals surface area contributed by atoms with Gasteiger partial charge < -0.3 is 14.7 Å². The number of hydrogen-bond donors (Lipinski definition) is 1. The van der Waals surface area contributed by atoms with Crippen molar-refractivity contribution in [2.75, 3.05) is 0 Å². The number of carbonyl (C=O) groups is 1. The van der Waals surface area contributed by atoms with Gasteiger partial charge in [-0.05, 0) is 56.2 Å². The summed E-state index contributed by atoms with van der Waals surface area (Å²) in [6.45, 7) is 9.72. The van der Waals surface area contributed by atoms with E-state index in [2.05, 4.69) is 0 Å². The molecule has 0 radical (unpaired) electrons. The van der Waals surface area contributed by atoms with E-state index in [9.17, 15) is 9.90 Å². The Kier molecular flexibility index (Phi) is 6.81. The maximum absolute atomic E-state index is 12.2. The van der Waals surface area contributed by atoms with Crippen molar-refractivity contribution < 1.29 is 14.6 Å². The Balaban J connectivity index is 2.02. The highest BCUT2D eigenvalue weighted by atomic mass is 16.5. The van der Waals surface area contributed by atoms with Crippen molar-refractivity contribution >= 4 is 16.9 Å². The van der Waals surface area contributed by atoms with Gasteiger partial charge in [0, 0.05) is 18.0 Å². The van der Waals surface area contributed by atoms with Crippen molar-refractivity contribution in [3.8, 4) is 0 Å². The van der Waals surface area contributed by atoms with Gasteiger partial charge in [-0.3, -0.25) is 0 Å². The molecule has 0 aliphatic heterocycles. The molecule has 2 atom stereocenters. The standard InChI is InChI=1S/C22H29NO3/c1-15(2)23(16(3)4)22(25)26-13-12-17(5)21(24)20-11-10-18-8-6-7-9-19(18)14-20/h6-17,21,24H,1-5H3/b13-12-/t17-,21-/m0/s1. The summed E-state index contributed by atoms with van der Waals surface area (Å²) in [5, 5.41) is 12.8. The molecule has 0 unspecified atom stereocenters. The van der Waals surface area contributed by atoms with Gasteiger partial charge >= 0.3 is 6.09 Å². The minimum atomic E-state index is -0.666. The van der Waals surface area contributed by atoms with Crippen LogP contribution in [0.2, 0.25) is 0 Å². The summed E-state index contributed by atoms with van der Waals surface area (Å²) >= 11 is 0. The minimum Gasteiger partial charge on any atom is -0.418 e. The molecule has 0 heterocycles. The Bertz CT molecular complexity index is 759. The molecule has 2 aromatic carbocycles. The van der Waals surface area contributed by atoms with Gasteiger partial charge in [-0.1, -0.05) is 43.3 Å². The Labute approximate surface area is 156 Å². The third kappa shape index (κ3) is 4.85. The van der Waals surface area contributed by atoms with Gasteiger partial charge in [-0.25, -0.2) is 4.79 Å². The lowest BCUT2D eigenvalue weighted by Gasteiger charge is -2.29. The fourth-order valence-corrected chi connectivity index (χ4v) is 3.10. The van der Waals surface area contributed by atoms with Gasteiger partial charge in [0.15, 0.2) is 0 Å². The number of nitrogens with zero attached hydrogens (tertiary/aromatic N) is 1. The second kappa shape index (κ2) is 8.86. The van der Waals surface area contributed by atoms with E-state index in [4.69, 9.17) is 4.74 Å². The first-order valence-electron chi connectivity index (χ1n) is 9.13. The number of benzene rings is 2. The Hall–Kier alpha value is -2.33. The monoisotopic (exact) mass is 355 g/mol. The van der Waals surface area contributed by atoms with E-state index in [1.807, 2.05) is 77.1 Å². The van der Waals surface area contributed by atoms with Crippen LogP contribution in [0.1, 0.15) is 46.3 Å². The highest BCUT2D eigenvalue weighted by molar-refractivity contribution is 5.83. The molecule has 0 aliphatic carbocycles. The van der Waals surface area contributed by atoms with Crippen molar-refractivity contribution in [2.24, 2.45) is 5.92 Å². The minimum absolute atomic E-state index is 0.0662. The number of carbonyl (C=O) groups excluding carboxylic acids is 1. The third-order valence-electron chi connectivity index (χ3n) is 4.49. The van der Waals surface area contributed by atoms with Crippen LogP contribution in [0.5, 0.6) is 0 Å². The summed E-state index contributed by atoms with van der Waals surface area (Å²) in [5.41, 5.74) is 0.846. The molecule has 0 saturated heterocycles. The van der Waals surface area contributed by atoms with Crippen LogP contribution >= 0.6 is 0 Å². The lowest BCUT2D eigenvalue weighted by Crippen LogP contribution is -2.41. The lowest BCUT2D eigenvalue weighted by molar-refractivity contribution is 0.107.